The second kappa shape index (κ2) is 8.24. The van der Waals surface area contributed by atoms with Crippen LogP contribution >= 0.6 is 23.1 Å². The molecule has 3 heterocycles. The standard InChI is InChI=1S/C19H14N2O4S2/c22-19(24-11-17-20-18(21-25-17)16-8-4-10-26-16)14-6-1-2-7-15(14)27-12-13-5-3-9-23-13/h1-10H,11-12H2. The maximum Gasteiger partial charge on any atom is 0.339 e. The molecular formula is C19H14N2O4S2. The van der Waals surface area contributed by atoms with Crippen molar-refractivity contribution in [3.63, 3.8) is 0 Å². The highest BCUT2D eigenvalue weighted by Gasteiger charge is 2.16. The molecule has 0 amide bonds. The van der Waals surface area contributed by atoms with E-state index in [1.54, 1.807) is 18.4 Å². The van der Waals surface area contributed by atoms with Crippen LogP contribution in [0, 0.1) is 0 Å². The molecule has 6 nitrogen and oxygen atoms in total. The third kappa shape index (κ3) is 4.29. The zero-order valence-corrected chi connectivity index (χ0v) is 15.7. The van der Waals surface area contributed by atoms with Gasteiger partial charge in [0.25, 0.3) is 5.89 Å². The van der Waals surface area contributed by atoms with E-state index in [1.165, 1.54) is 23.1 Å². The van der Waals surface area contributed by atoms with Crippen LogP contribution in [0.3, 0.4) is 0 Å². The van der Waals surface area contributed by atoms with E-state index in [0.717, 1.165) is 15.5 Å². The van der Waals surface area contributed by atoms with Crippen LogP contribution in [-0.2, 0) is 17.1 Å². The van der Waals surface area contributed by atoms with E-state index in [0.29, 0.717) is 17.1 Å². The normalized spacial score (nSPS) is 10.8. The third-order valence-corrected chi connectivity index (χ3v) is 5.56. The topological polar surface area (TPSA) is 78.4 Å². The zero-order chi connectivity index (χ0) is 18.5. The number of nitrogens with zero attached hydrogens (tertiary/aromatic N) is 2. The van der Waals surface area contributed by atoms with Crippen LogP contribution in [0.1, 0.15) is 22.0 Å². The molecule has 0 radical (unpaired) electrons. The van der Waals surface area contributed by atoms with Gasteiger partial charge in [0.15, 0.2) is 6.61 Å². The Morgan fingerprint density at radius 3 is 2.89 bits per heavy atom. The first-order chi connectivity index (χ1) is 13.3. The van der Waals surface area contributed by atoms with Crippen LogP contribution in [0.15, 0.2) is 74.0 Å². The Hall–Kier alpha value is -2.84. The van der Waals surface area contributed by atoms with E-state index < -0.39 is 5.97 Å². The van der Waals surface area contributed by atoms with Crippen molar-refractivity contribution in [2.45, 2.75) is 17.3 Å². The minimum absolute atomic E-state index is 0.0750. The molecule has 0 spiro atoms. The van der Waals surface area contributed by atoms with Gasteiger partial charge in [-0.3, -0.25) is 0 Å². The van der Waals surface area contributed by atoms with Crippen LogP contribution in [0.2, 0.25) is 0 Å². The third-order valence-electron chi connectivity index (χ3n) is 3.59. The quantitative estimate of drug-likeness (QED) is 0.319. The number of carbonyl (C=O) groups excluding carboxylic acids is 1. The summed E-state index contributed by atoms with van der Waals surface area (Å²) in [6.07, 6.45) is 1.63. The van der Waals surface area contributed by atoms with Crippen LogP contribution in [-0.4, -0.2) is 16.1 Å². The SMILES string of the molecule is O=C(OCc1nc(-c2cccs2)no1)c1ccccc1SCc1ccco1. The molecule has 0 aliphatic rings. The summed E-state index contributed by atoms with van der Waals surface area (Å²) in [5.74, 6) is 1.78. The fraction of sp³-hybridized carbons (Fsp3) is 0.105. The smallest absolute Gasteiger partial charge is 0.339 e. The number of aromatic nitrogens is 2. The summed E-state index contributed by atoms with van der Waals surface area (Å²) in [4.78, 5) is 18.5. The minimum Gasteiger partial charge on any atom is -0.468 e. The van der Waals surface area contributed by atoms with E-state index in [-0.39, 0.29) is 12.5 Å². The van der Waals surface area contributed by atoms with Crippen molar-refractivity contribution in [1.82, 2.24) is 10.1 Å². The Bertz CT molecular complexity index is 1010. The Balaban J connectivity index is 1.39. The lowest BCUT2D eigenvalue weighted by Gasteiger charge is -2.07. The number of rotatable bonds is 7. The summed E-state index contributed by atoms with van der Waals surface area (Å²) in [6, 6.07) is 14.8. The van der Waals surface area contributed by atoms with Crippen molar-refractivity contribution < 1.29 is 18.5 Å². The average Bonchev–Trinajstić information content (AvgIpc) is 3.47. The zero-order valence-electron chi connectivity index (χ0n) is 14.0. The maximum absolute atomic E-state index is 12.5. The number of ether oxygens (including phenoxy) is 1. The van der Waals surface area contributed by atoms with Crippen LogP contribution in [0.5, 0.6) is 0 Å². The van der Waals surface area contributed by atoms with E-state index in [9.17, 15) is 4.79 Å². The van der Waals surface area contributed by atoms with Crippen LogP contribution in [0.4, 0.5) is 0 Å². The number of hydrogen-bond acceptors (Lipinski definition) is 8. The van der Waals surface area contributed by atoms with E-state index in [2.05, 4.69) is 10.1 Å². The molecule has 0 saturated heterocycles. The van der Waals surface area contributed by atoms with Gasteiger partial charge >= 0.3 is 5.97 Å². The predicted molar refractivity (Wildman–Crippen MR) is 101 cm³/mol. The van der Waals surface area contributed by atoms with Gasteiger partial charge in [0, 0.05) is 4.90 Å². The van der Waals surface area contributed by atoms with E-state index in [1.807, 2.05) is 41.8 Å². The lowest BCUT2D eigenvalue weighted by Crippen LogP contribution is -2.07. The number of hydrogen-bond donors (Lipinski definition) is 0. The first kappa shape index (κ1) is 17.6. The number of benzene rings is 1. The van der Waals surface area contributed by atoms with Crippen molar-refractivity contribution in [3.8, 4) is 10.7 Å². The Morgan fingerprint density at radius 1 is 1.15 bits per heavy atom. The highest BCUT2D eigenvalue weighted by Crippen LogP contribution is 2.27. The fourth-order valence-corrected chi connectivity index (χ4v) is 3.92. The van der Waals surface area contributed by atoms with Crippen molar-refractivity contribution in [3.05, 3.63) is 77.4 Å². The van der Waals surface area contributed by atoms with Gasteiger partial charge in [0.2, 0.25) is 5.82 Å². The summed E-state index contributed by atoms with van der Waals surface area (Å²) in [6.45, 7) is -0.0750. The maximum atomic E-state index is 12.5. The Morgan fingerprint density at radius 2 is 2.07 bits per heavy atom. The van der Waals surface area contributed by atoms with Gasteiger partial charge in [-0.15, -0.1) is 23.1 Å². The number of furan rings is 1. The summed E-state index contributed by atoms with van der Waals surface area (Å²) >= 11 is 3.03. The molecule has 0 atom stereocenters. The van der Waals surface area contributed by atoms with Gasteiger partial charge in [0.05, 0.1) is 22.5 Å². The van der Waals surface area contributed by atoms with Gasteiger partial charge in [-0.2, -0.15) is 4.98 Å². The molecule has 136 valence electrons. The monoisotopic (exact) mass is 398 g/mol. The lowest BCUT2D eigenvalue weighted by atomic mass is 10.2. The molecule has 0 N–H and O–H groups in total. The molecule has 0 aliphatic carbocycles. The molecule has 0 bridgehead atoms. The Kier molecular flexibility index (Phi) is 5.36. The molecule has 1 aromatic carbocycles. The lowest BCUT2D eigenvalue weighted by molar-refractivity contribution is 0.0425. The largest absolute Gasteiger partial charge is 0.468 e. The van der Waals surface area contributed by atoms with Crippen molar-refractivity contribution >= 4 is 29.1 Å². The van der Waals surface area contributed by atoms with Gasteiger partial charge in [0.1, 0.15) is 5.76 Å². The van der Waals surface area contributed by atoms with E-state index in [4.69, 9.17) is 13.7 Å². The molecule has 0 unspecified atom stereocenters. The van der Waals surface area contributed by atoms with Crippen molar-refractivity contribution in [2.75, 3.05) is 0 Å². The molecule has 4 aromatic rings. The fourth-order valence-electron chi connectivity index (χ4n) is 2.33. The van der Waals surface area contributed by atoms with Gasteiger partial charge in [-0.05, 0) is 35.7 Å². The van der Waals surface area contributed by atoms with Gasteiger partial charge in [-0.1, -0.05) is 23.4 Å². The highest BCUT2D eigenvalue weighted by molar-refractivity contribution is 7.98. The number of thiophene rings is 1. The molecule has 0 fully saturated rings. The number of thioether (sulfide) groups is 1. The number of esters is 1. The van der Waals surface area contributed by atoms with E-state index >= 15 is 0 Å². The first-order valence-electron chi connectivity index (χ1n) is 8.07. The number of carbonyl (C=O) groups is 1. The molecule has 4 rings (SSSR count). The van der Waals surface area contributed by atoms with Crippen LogP contribution < -0.4 is 0 Å². The second-order valence-corrected chi connectivity index (χ2v) is 7.39. The summed E-state index contributed by atoms with van der Waals surface area (Å²) in [7, 11) is 0. The highest BCUT2D eigenvalue weighted by atomic mass is 32.2. The molecule has 0 aliphatic heterocycles. The average molecular weight is 398 g/mol. The van der Waals surface area contributed by atoms with Crippen molar-refractivity contribution in [1.29, 1.82) is 0 Å². The minimum atomic E-state index is -0.437. The second-order valence-electron chi connectivity index (χ2n) is 5.43. The summed E-state index contributed by atoms with van der Waals surface area (Å²) in [5, 5.41) is 5.84. The summed E-state index contributed by atoms with van der Waals surface area (Å²) < 4.78 is 15.8. The van der Waals surface area contributed by atoms with Gasteiger partial charge in [-0.25, -0.2) is 4.79 Å². The molecule has 8 heteroatoms. The molecular weight excluding hydrogens is 384 g/mol. The molecule has 0 saturated carbocycles. The molecule has 27 heavy (non-hydrogen) atoms. The van der Waals surface area contributed by atoms with Crippen molar-refractivity contribution in [2.24, 2.45) is 0 Å². The predicted octanol–water partition coefficient (Wildman–Crippen LogP) is 5.04. The Labute approximate surface area is 163 Å². The molecule has 3 aromatic heterocycles. The first-order valence-corrected chi connectivity index (χ1v) is 9.94. The van der Waals surface area contributed by atoms with Gasteiger partial charge < -0.3 is 13.7 Å². The van der Waals surface area contributed by atoms with Crippen LogP contribution in [0.25, 0.3) is 10.7 Å². The summed E-state index contributed by atoms with van der Waals surface area (Å²) in [5.41, 5.74) is 0.493.